The molecule has 0 unspecified atom stereocenters. The molecule has 0 atom stereocenters. The SMILES string of the molecule is Cc1cc(C(=O)OCC(=O)Nc2ccc(F)cc2Cl)c(C)o1. The van der Waals surface area contributed by atoms with Crippen LogP contribution in [0, 0.1) is 19.7 Å². The van der Waals surface area contributed by atoms with E-state index in [0.717, 1.165) is 12.1 Å². The summed E-state index contributed by atoms with van der Waals surface area (Å²) in [5.41, 5.74) is 0.504. The summed E-state index contributed by atoms with van der Waals surface area (Å²) in [6, 6.07) is 5.08. The van der Waals surface area contributed by atoms with Crippen LogP contribution in [0.4, 0.5) is 10.1 Å². The molecule has 1 aromatic carbocycles. The van der Waals surface area contributed by atoms with Gasteiger partial charge < -0.3 is 14.5 Å². The highest BCUT2D eigenvalue weighted by molar-refractivity contribution is 6.33. The van der Waals surface area contributed by atoms with Crippen molar-refractivity contribution in [1.82, 2.24) is 0 Å². The van der Waals surface area contributed by atoms with E-state index < -0.39 is 24.3 Å². The molecule has 0 radical (unpaired) electrons. The molecule has 116 valence electrons. The van der Waals surface area contributed by atoms with Crippen LogP contribution in [0.5, 0.6) is 0 Å². The first-order chi connectivity index (χ1) is 10.4. The molecule has 0 aliphatic rings. The van der Waals surface area contributed by atoms with Crippen LogP contribution in [0.25, 0.3) is 0 Å². The van der Waals surface area contributed by atoms with Crippen molar-refractivity contribution in [3.05, 3.63) is 52.2 Å². The Kier molecular flexibility index (Phi) is 4.82. The predicted octanol–water partition coefficient (Wildman–Crippen LogP) is 3.48. The average molecular weight is 326 g/mol. The van der Waals surface area contributed by atoms with Gasteiger partial charge in [0.15, 0.2) is 6.61 Å². The number of nitrogens with one attached hydrogen (secondary N) is 1. The van der Waals surface area contributed by atoms with Gasteiger partial charge in [-0.25, -0.2) is 9.18 Å². The molecule has 0 aliphatic carbocycles. The van der Waals surface area contributed by atoms with Gasteiger partial charge >= 0.3 is 5.97 Å². The number of hydrogen-bond acceptors (Lipinski definition) is 4. The first-order valence-electron chi connectivity index (χ1n) is 6.36. The van der Waals surface area contributed by atoms with Gasteiger partial charge in [-0.3, -0.25) is 4.79 Å². The first-order valence-corrected chi connectivity index (χ1v) is 6.73. The van der Waals surface area contributed by atoms with Gasteiger partial charge in [-0.2, -0.15) is 0 Å². The highest BCUT2D eigenvalue weighted by Crippen LogP contribution is 2.22. The van der Waals surface area contributed by atoms with E-state index in [1.807, 2.05) is 0 Å². The van der Waals surface area contributed by atoms with E-state index in [4.69, 9.17) is 20.8 Å². The maximum Gasteiger partial charge on any atom is 0.342 e. The Hall–Kier alpha value is -2.34. The number of rotatable bonds is 4. The van der Waals surface area contributed by atoms with E-state index in [-0.39, 0.29) is 16.3 Å². The lowest BCUT2D eigenvalue weighted by atomic mass is 10.2. The van der Waals surface area contributed by atoms with Crippen molar-refractivity contribution in [3.63, 3.8) is 0 Å². The molecule has 2 aromatic rings. The second kappa shape index (κ2) is 6.62. The lowest BCUT2D eigenvalue weighted by Crippen LogP contribution is -2.21. The molecular formula is C15H13ClFNO4. The highest BCUT2D eigenvalue weighted by Gasteiger charge is 2.16. The van der Waals surface area contributed by atoms with Crippen molar-refractivity contribution in [2.24, 2.45) is 0 Å². The van der Waals surface area contributed by atoms with E-state index in [1.165, 1.54) is 12.1 Å². The second-order valence-corrected chi connectivity index (χ2v) is 4.98. The normalized spacial score (nSPS) is 10.4. The Morgan fingerprint density at radius 2 is 2.05 bits per heavy atom. The zero-order valence-corrected chi connectivity index (χ0v) is 12.7. The van der Waals surface area contributed by atoms with E-state index in [0.29, 0.717) is 11.5 Å². The largest absolute Gasteiger partial charge is 0.466 e. The summed E-state index contributed by atoms with van der Waals surface area (Å²) in [7, 11) is 0. The molecule has 0 aliphatic heterocycles. The summed E-state index contributed by atoms with van der Waals surface area (Å²) in [6.07, 6.45) is 0. The Labute approximate surface area is 131 Å². The van der Waals surface area contributed by atoms with Crippen LogP contribution in [-0.4, -0.2) is 18.5 Å². The summed E-state index contributed by atoms with van der Waals surface area (Å²) in [6.45, 7) is 2.84. The smallest absolute Gasteiger partial charge is 0.342 e. The summed E-state index contributed by atoms with van der Waals surface area (Å²) in [4.78, 5) is 23.5. The molecule has 0 bridgehead atoms. The van der Waals surface area contributed by atoms with Crippen molar-refractivity contribution in [2.75, 3.05) is 11.9 Å². The standard InChI is InChI=1S/C15H13ClFNO4/c1-8-5-11(9(2)22-8)15(20)21-7-14(19)18-13-4-3-10(17)6-12(13)16/h3-6H,7H2,1-2H3,(H,18,19). The number of benzene rings is 1. The number of ether oxygens (including phenoxy) is 1. The Morgan fingerprint density at radius 3 is 2.64 bits per heavy atom. The molecule has 1 heterocycles. The molecule has 0 spiro atoms. The van der Waals surface area contributed by atoms with Crippen molar-refractivity contribution < 1.29 is 23.1 Å². The minimum Gasteiger partial charge on any atom is -0.466 e. The average Bonchev–Trinajstić information content (AvgIpc) is 2.78. The van der Waals surface area contributed by atoms with E-state index >= 15 is 0 Å². The predicted molar refractivity (Wildman–Crippen MR) is 78.5 cm³/mol. The number of carbonyl (C=O) groups is 2. The summed E-state index contributed by atoms with van der Waals surface area (Å²) in [5, 5.41) is 2.48. The number of amides is 1. The van der Waals surface area contributed by atoms with Crippen molar-refractivity contribution in [1.29, 1.82) is 0 Å². The van der Waals surface area contributed by atoms with Crippen LogP contribution in [0.3, 0.4) is 0 Å². The summed E-state index contributed by atoms with van der Waals surface area (Å²) in [5.74, 6) is -0.758. The van der Waals surface area contributed by atoms with Crippen molar-refractivity contribution in [3.8, 4) is 0 Å². The van der Waals surface area contributed by atoms with Gasteiger partial charge in [-0.15, -0.1) is 0 Å². The molecule has 0 saturated carbocycles. The molecule has 5 nitrogen and oxygen atoms in total. The van der Waals surface area contributed by atoms with Crippen molar-refractivity contribution >= 4 is 29.2 Å². The van der Waals surface area contributed by atoms with Gasteiger partial charge in [0.05, 0.1) is 10.7 Å². The fourth-order valence-corrected chi connectivity index (χ4v) is 2.03. The number of aryl methyl sites for hydroxylation is 2. The maximum absolute atomic E-state index is 12.9. The number of halogens is 2. The number of furan rings is 1. The number of hydrogen-bond donors (Lipinski definition) is 1. The third kappa shape index (κ3) is 3.85. The minimum atomic E-state index is -0.658. The number of carbonyl (C=O) groups excluding carboxylic acids is 2. The molecule has 1 N–H and O–H groups in total. The van der Waals surface area contributed by atoms with E-state index in [9.17, 15) is 14.0 Å². The van der Waals surface area contributed by atoms with Crippen molar-refractivity contribution in [2.45, 2.75) is 13.8 Å². The monoisotopic (exact) mass is 325 g/mol. The first kappa shape index (κ1) is 16.0. The Bertz CT molecular complexity index is 726. The molecule has 7 heteroatoms. The van der Waals surface area contributed by atoms with E-state index in [1.54, 1.807) is 13.8 Å². The lowest BCUT2D eigenvalue weighted by molar-refractivity contribution is -0.119. The van der Waals surface area contributed by atoms with Gasteiger partial charge in [-0.1, -0.05) is 11.6 Å². The van der Waals surface area contributed by atoms with Crippen LogP contribution in [0.1, 0.15) is 21.9 Å². The summed E-state index contributed by atoms with van der Waals surface area (Å²) < 4.78 is 23.0. The van der Waals surface area contributed by atoms with Crippen LogP contribution >= 0.6 is 11.6 Å². The molecule has 0 saturated heterocycles. The summed E-state index contributed by atoms with van der Waals surface area (Å²) >= 11 is 5.78. The van der Waals surface area contributed by atoms with Gasteiger partial charge in [0.2, 0.25) is 0 Å². The number of anilines is 1. The van der Waals surface area contributed by atoms with E-state index in [2.05, 4.69) is 5.32 Å². The van der Waals surface area contributed by atoms with Gasteiger partial charge in [0.25, 0.3) is 5.91 Å². The van der Waals surface area contributed by atoms with Crippen LogP contribution in [0.15, 0.2) is 28.7 Å². The maximum atomic E-state index is 12.9. The zero-order valence-electron chi connectivity index (χ0n) is 11.9. The van der Waals surface area contributed by atoms with Crippen LogP contribution in [0.2, 0.25) is 5.02 Å². The third-order valence-corrected chi connectivity index (χ3v) is 3.11. The van der Waals surface area contributed by atoms with Crippen LogP contribution < -0.4 is 5.32 Å². The Morgan fingerprint density at radius 1 is 1.32 bits per heavy atom. The fraction of sp³-hybridized carbons (Fsp3) is 0.200. The molecule has 1 amide bonds. The molecule has 1 aromatic heterocycles. The van der Waals surface area contributed by atoms with Gasteiger partial charge in [-0.05, 0) is 38.1 Å². The molecule has 22 heavy (non-hydrogen) atoms. The zero-order chi connectivity index (χ0) is 16.3. The topological polar surface area (TPSA) is 68.5 Å². The minimum absolute atomic E-state index is 0.0565. The van der Waals surface area contributed by atoms with Crippen LogP contribution in [-0.2, 0) is 9.53 Å². The lowest BCUT2D eigenvalue weighted by Gasteiger charge is -2.07. The molecule has 2 rings (SSSR count). The Balaban J connectivity index is 1.92. The molecule has 0 fully saturated rings. The quantitative estimate of drug-likeness (QED) is 0.874. The molecular weight excluding hydrogens is 313 g/mol. The fourth-order valence-electron chi connectivity index (χ4n) is 1.82. The van der Waals surface area contributed by atoms with Gasteiger partial charge in [0.1, 0.15) is 22.9 Å². The second-order valence-electron chi connectivity index (χ2n) is 4.58. The third-order valence-electron chi connectivity index (χ3n) is 2.80. The highest BCUT2D eigenvalue weighted by atomic mass is 35.5. The van der Waals surface area contributed by atoms with Gasteiger partial charge in [0, 0.05) is 0 Å². The number of esters is 1.